The Hall–Kier alpha value is -2.29. The minimum atomic E-state index is 0.0573. The first-order valence-electron chi connectivity index (χ1n) is 8.83. The van der Waals surface area contributed by atoms with Gasteiger partial charge in [0.25, 0.3) is 0 Å². The van der Waals surface area contributed by atoms with Gasteiger partial charge in [0.1, 0.15) is 11.5 Å². The van der Waals surface area contributed by atoms with Gasteiger partial charge in [-0.15, -0.1) is 0 Å². The number of hydrogen-bond donors (Lipinski definition) is 0. The zero-order chi connectivity index (χ0) is 16.9. The van der Waals surface area contributed by atoms with Gasteiger partial charge in [-0.05, 0) is 60.4 Å². The summed E-state index contributed by atoms with van der Waals surface area (Å²) in [6.45, 7) is 5.64. The zero-order valence-corrected chi connectivity index (χ0v) is 14.4. The van der Waals surface area contributed by atoms with Gasteiger partial charge in [0.15, 0.2) is 5.78 Å². The second-order valence-corrected chi connectivity index (χ2v) is 6.15. The van der Waals surface area contributed by atoms with Gasteiger partial charge in [0.05, 0.1) is 13.2 Å². The molecule has 24 heavy (non-hydrogen) atoms. The maximum Gasteiger partial charge on any atom is 0.194 e. The van der Waals surface area contributed by atoms with Crippen LogP contribution >= 0.6 is 0 Å². The van der Waals surface area contributed by atoms with Crippen LogP contribution < -0.4 is 9.47 Å². The van der Waals surface area contributed by atoms with Crippen LogP contribution in [0.2, 0.25) is 0 Å². The van der Waals surface area contributed by atoms with Crippen molar-refractivity contribution in [1.82, 2.24) is 0 Å². The molecule has 0 bridgehead atoms. The fourth-order valence-electron chi connectivity index (χ4n) is 2.89. The van der Waals surface area contributed by atoms with Gasteiger partial charge in [-0.25, -0.2) is 0 Å². The maximum absolute atomic E-state index is 12.7. The monoisotopic (exact) mass is 324 g/mol. The number of unbranched alkanes of at least 4 members (excludes halogenated alkanes) is 2. The van der Waals surface area contributed by atoms with Crippen LogP contribution in [0, 0.1) is 0 Å². The van der Waals surface area contributed by atoms with E-state index < -0.39 is 0 Å². The molecule has 0 radical (unpaired) electrons. The fraction of sp³-hybridized carbons (Fsp3) is 0.381. The first-order chi connectivity index (χ1) is 11.7. The molecular weight excluding hydrogens is 300 g/mol. The lowest BCUT2D eigenvalue weighted by Crippen LogP contribution is -2.00. The Kier molecular flexibility index (Phi) is 5.19. The molecule has 3 nitrogen and oxygen atoms in total. The van der Waals surface area contributed by atoms with E-state index in [1.54, 1.807) is 0 Å². The summed E-state index contributed by atoms with van der Waals surface area (Å²) in [5.74, 6) is 1.59. The summed E-state index contributed by atoms with van der Waals surface area (Å²) >= 11 is 0. The van der Waals surface area contributed by atoms with Gasteiger partial charge in [-0.1, -0.05) is 26.7 Å². The summed E-state index contributed by atoms with van der Waals surface area (Å²) < 4.78 is 11.5. The number of ether oxygens (including phenoxy) is 2. The van der Waals surface area contributed by atoms with Crippen LogP contribution in [0.4, 0.5) is 0 Å². The molecule has 0 unspecified atom stereocenters. The van der Waals surface area contributed by atoms with E-state index in [0.717, 1.165) is 59.4 Å². The number of hydrogen-bond acceptors (Lipinski definition) is 3. The second-order valence-electron chi connectivity index (χ2n) is 6.15. The Labute approximate surface area is 143 Å². The molecule has 0 saturated heterocycles. The average molecular weight is 324 g/mol. The molecule has 0 amide bonds. The number of rotatable bonds is 8. The zero-order valence-electron chi connectivity index (χ0n) is 14.4. The molecule has 1 aliphatic rings. The molecule has 0 fully saturated rings. The van der Waals surface area contributed by atoms with E-state index >= 15 is 0 Å². The summed E-state index contributed by atoms with van der Waals surface area (Å²) in [5.41, 5.74) is 3.42. The Morgan fingerprint density at radius 3 is 1.58 bits per heavy atom. The molecule has 3 heteroatoms. The van der Waals surface area contributed by atoms with E-state index in [4.69, 9.17) is 9.47 Å². The molecule has 2 aromatic carbocycles. The van der Waals surface area contributed by atoms with Gasteiger partial charge < -0.3 is 9.47 Å². The molecule has 0 heterocycles. The Morgan fingerprint density at radius 1 is 0.708 bits per heavy atom. The summed E-state index contributed by atoms with van der Waals surface area (Å²) in [4.78, 5) is 12.7. The molecule has 2 aromatic rings. The molecule has 0 N–H and O–H groups in total. The molecule has 126 valence electrons. The lowest BCUT2D eigenvalue weighted by molar-refractivity contribution is 0.104. The molecule has 0 saturated carbocycles. The quantitative estimate of drug-likeness (QED) is 0.530. The van der Waals surface area contributed by atoms with Crippen molar-refractivity contribution in [2.24, 2.45) is 0 Å². The highest BCUT2D eigenvalue weighted by atomic mass is 16.5. The van der Waals surface area contributed by atoms with E-state index in [2.05, 4.69) is 13.8 Å². The van der Waals surface area contributed by atoms with Crippen molar-refractivity contribution in [1.29, 1.82) is 0 Å². The van der Waals surface area contributed by atoms with Crippen LogP contribution in [0.5, 0.6) is 11.5 Å². The summed E-state index contributed by atoms with van der Waals surface area (Å²) in [6.07, 6.45) is 4.22. The van der Waals surface area contributed by atoms with E-state index in [0.29, 0.717) is 13.2 Å². The highest BCUT2D eigenvalue weighted by Gasteiger charge is 2.27. The standard InChI is InChI=1S/C21H24O3/c1-3-5-11-23-15-7-9-17-18-10-8-16(24-12-6-4-2)14-20(18)21(22)19(17)13-15/h7-10,13-14H,3-6,11-12H2,1-2H3. The first-order valence-corrected chi connectivity index (χ1v) is 8.83. The normalized spacial score (nSPS) is 12.0. The van der Waals surface area contributed by atoms with E-state index in [9.17, 15) is 4.79 Å². The van der Waals surface area contributed by atoms with E-state index in [-0.39, 0.29) is 5.78 Å². The molecule has 0 aliphatic heterocycles. The van der Waals surface area contributed by atoms with Crippen molar-refractivity contribution >= 4 is 5.78 Å². The number of carbonyl (C=O) groups is 1. The topological polar surface area (TPSA) is 35.5 Å². The number of fused-ring (bicyclic) bond motifs is 3. The molecule has 0 atom stereocenters. The largest absolute Gasteiger partial charge is 0.494 e. The van der Waals surface area contributed by atoms with Crippen LogP contribution in [0.1, 0.15) is 55.5 Å². The van der Waals surface area contributed by atoms with Gasteiger partial charge in [0, 0.05) is 11.1 Å². The predicted molar refractivity (Wildman–Crippen MR) is 96.1 cm³/mol. The summed E-state index contributed by atoms with van der Waals surface area (Å²) in [5, 5.41) is 0. The summed E-state index contributed by atoms with van der Waals surface area (Å²) in [6, 6.07) is 11.6. The number of carbonyl (C=O) groups excluding carboxylic acids is 1. The highest BCUT2D eigenvalue weighted by Crippen LogP contribution is 2.39. The number of ketones is 1. The van der Waals surface area contributed by atoms with E-state index in [1.165, 1.54) is 0 Å². The van der Waals surface area contributed by atoms with Gasteiger partial charge in [0.2, 0.25) is 0 Å². The minimum Gasteiger partial charge on any atom is -0.494 e. The Morgan fingerprint density at radius 2 is 1.17 bits per heavy atom. The van der Waals surface area contributed by atoms with Crippen LogP contribution in [-0.4, -0.2) is 19.0 Å². The number of benzene rings is 2. The van der Waals surface area contributed by atoms with E-state index in [1.807, 2.05) is 36.4 Å². The fourth-order valence-corrected chi connectivity index (χ4v) is 2.89. The third-order valence-electron chi connectivity index (χ3n) is 4.29. The van der Waals surface area contributed by atoms with Crippen LogP contribution in [0.25, 0.3) is 11.1 Å². The van der Waals surface area contributed by atoms with Crippen molar-refractivity contribution in [3.8, 4) is 22.6 Å². The molecule has 1 aliphatic carbocycles. The molecule has 3 rings (SSSR count). The summed E-state index contributed by atoms with van der Waals surface area (Å²) in [7, 11) is 0. The van der Waals surface area contributed by atoms with Crippen LogP contribution in [0.3, 0.4) is 0 Å². The van der Waals surface area contributed by atoms with Crippen molar-refractivity contribution < 1.29 is 14.3 Å². The third kappa shape index (κ3) is 3.30. The second kappa shape index (κ2) is 7.52. The smallest absolute Gasteiger partial charge is 0.194 e. The molecule has 0 aromatic heterocycles. The SMILES string of the molecule is CCCCOc1ccc2c(c1)C(=O)c1cc(OCCCC)ccc1-2. The Bertz CT molecular complexity index is 672. The van der Waals surface area contributed by atoms with Gasteiger partial charge in [-0.3, -0.25) is 4.79 Å². The maximum atomic E-state index is 12.7. The molecule has 0 spiro atoms. The third-order valence-corrected chi connectivity index (χ3v) is 4.29. The van der Waals surface area contributed by atoms with Crippen LogP contribution in [0.15, 0.2) is 36.4 Å². The average Bonchev–Trinajstić information content (AvgIpc) is 2.88. The van der Waals surface area contributed by atoms with Crippen LogP contribution in [-0.2, 0) is 0 Å². The van der Waals surface area contributed by atoms with Gasteiger partial charge in [-0.2, -0.15) is 0 Å². The Balaban J connectivity index is 1.81. The lowest BCUT2D eigenvalue weighted by Gasteiger charge is -2.07. The lowest BCUT2D eigenvalue weighted by atomic mass is 10.1. The minimum absolute atomic E-state index is 0.0573. The predicted octanol–water partition coefficient (Wildman–Crippen LogP) is 5.26. The van der Waals surface area contributed by atoms with Crippen molar-refractivity contribution in [2.45, 2.75) is 39.5 Å². The van der Waals surface area contributed by atoms with Crippen molar-refractivity contribution in [3.63, 3.8) is 0 Å². The first kappa shape index (κ1) is 16.6. The van der Waals surface area contributed by atoms with Gasteiger partial charge >= 0.3 is 0 Å². The van der Waals surface area contributed by atoms with Crippen molar-refractivity contribution in [2.75, 3.05) is 13.2 Å². The highest BCUT2D eigenvalue weighted by molar-refractivity contribution is 6.22. The molecular formula is C21H24O3. The van der Waals surface area contributed by atoms with Crippen molar-refractivity contribution in [3.05, 3.63) is 47.5 Å².